The third kappa shape index (κ3) is 4.69. The Hall–Kier alpha value is -4.95. The van der Waals surface area contributed by atoms with E-state index in [2.05, 4.69) is 5.32 Å². The van der Waals surface area contributed by atoms with Crippen molar-refractivity contribution in [3.63, 3.8) is 0 Å². The second-order valence-electron chi connectivity index (χ2n) is 9.30. The molecule has 0 atom stereocenters. The first kappa shape index (κ1) is 25.3. The number of aromatic nitrogens is 3. The summed E-state index contributed by atoms with van der Waals surface area (Å²) >= 11 is 6.12. The van der Waals surface area contributed by atoms with E-state index in [9.17, 15) is 9.59 Å². The van der Waals surface area contributed by atoms with Gasteiger partial charge in [-0.3, -0.25) is 9.59 Å². The molecular weight excluding hydrogens is 526 g/mol. The predicted octanol–water partition coefficient (Wildman–Crippen LogP) is 6.36. The molecule has 40 heavy (non-hydrogen) atoms. The van der Waals surface area contributed by atoms with E-state index in [4.69, 9.17) is 26.4 Å². The van der Waals surface area contributed by atoms with Crippen LogP contribution in [-0.2, 0) is 9.59 Å². The summed E-state index contributed by atoms with van der Waals surface area (Å²) in [5.41, 5.74) is 5.14. The molecule has 198 valence electrons. The van der Waals surface area contributed by atoms with Gasteiger partial charge >= 0.3 is 0 Å². The maximum atomic E-state index is 13.0. The highest BCUT2D eigenvalue weighted by molar-refractivity contribution is 6.30. The molecule has 0 aliphatic heterocycles. The van der Waals surface area contributed by atoms with Crippen molar-refractivity contribution in [2.24, 2.45) is 0 Å². The standard InChI is InChI=1S/C31H24ClN5O3/c1-19(38)36(23-12-14-24(40-2)15-13-23)18-29(39)33-22-11-16-28-27(17-22)34-31-26-6-4-3-5-25(26)30(35-37(28)31)20-7-9-21(32)10-8-20/h3-17H,18H2,1-2H3,(H,33,39). The molecule has 0 bridgehead atoms. The number of benzene rings is 4. The number of nitrogens with zero attached hydrogens (tertiary/aromatic N) is 4. The molecule has 6 aromatic rings. The molecular formula is C31H24ClN5O3. The van der Waals surface area contributed by atoms with Gasteiger partial charge in [0.2, 0.25) is 11.8 Å². The van der Waals surface area contributed by atoms with Crippen molar-refractivity contribution in [1.29, 1.82) is 0 Å². The van der Waals surface area contributed by atoms with Gasteiger partial charge in [0, 0.05) is 39.7 Å². The van der Waals surface area contributed by atoms with Crippen LogP contribution in [0.3, 0.4) is 0 Å². The number of carbonyl (C=O) groups excluding carboxylic acids is 2. The molecule has 2 aromatic heterocycles. The van der Waals surface area contributed by atoms with E-state index in [0.717, 1.165) is 27.5 Å². The number of fused-ring (bicyclic) bond motifs is 5. The highest BCUT2D eigenvalue weighted by atomic mass is 35.5. The molecule has 0 fully saturated rings. The minimum absolute atomic E-state index is 0.137. The molecule has 8 nitrogen and oxygen atoms in total. The van der Waals surface area contributed by atoms with Gasteiger partial charge in [-0.2, -0.15) is 5.10 Å². The lowest BCUT2D eigenvalue weighted by Crippen LogP contribution is -2.36. The lowest BCUT2D eigenvalue weighted by atomic mass is 10.1. The van der Waals surface area contributed by atoms with Gasteiger partial charge < -0.3 is 15.0 Å². The summed E-state index contributed by atoms with van der Waals surface area (Å²) in [5.74, 6) is 0.0910. The Morgan fingerprint density at radius 1 is 0.950 bits per heavy atom. The average Bonchev–Trinajstić information content (AvgIpc) is 3.34. The number of methoxy groups -OCH3 is 1. The van der Waals surface area contributed by atoms with Crippen molar-refractivity contribution < 1.29 is 14.3 Å². The van der Waals surface area contributed by atoms with Crippen LogP contribution in [0.4, 0.5) is 11.4 Å². The quantitative estimate of drug-likeness (QED) is 0.261. The van der Waals surface area contributed by atoms with Gasteiger partial charge in [-0.25, -0.2) is 9.50 Å². The molecule has 9 heteroatoms. The molecule has 1 N–H and O–H groups in total. The van der Waals surface area contributed by atoms with Crippen molar-refractivity contribution in [1.82, 2.24) is 14.6 Å². The molecule has 0 saturated heterocycles. The van der Waals surface area contributed by atoms with Gasteiger partial charge in [-0.05, 0) is 54.6 Å². The Balaban J connectivity index is 1.33. The number of imidazole rings is 1. The third-order valence-electron chi connectivity index (χ3n) is 6.72. The van der Waals surface area contributed by atoms with E-state index < -0.39 is 0 Å². The van der Waals surface area contributed by atoms with Crippen LogP contribution in [0.1, 0.15) is 6.92 Å². The highest BCUT2D eigenvalue weighted by Gasteiger charge is 2.18. The molecule has 0 aliphatic rings. The summed E-state index contributed by atoms with van der Waals surface area (Å²) in [7, 11) is 1.57. The number of hydrogen-bond acceptors (Lipinski definition) is 5. The number of hydrogen-bond donors (Lipinski definition) is 1. The number of anilines is 2. The first-order valence-corrected chi connectivity index (χ1v) is 13.0. The molecule has 2 amide bonds. The van der Waals surface area contributed by atoms with Crippen LogP contribution < -0.4 is 15.0 Å². The van der Waals surface area contributed by atoms with Crippen molar-refractivity contribution in [3.05, 3.63) is 96.0 Å². The zero-order valence-corrected chi connectivity index (χ0v) is 22.5. The molecule has 4 aromatic carbocycles. The summed E-state index contributed by atoms with van der Waals surface area (Å²) in [6, 6.07) is 28.1. The van der Waals surface area contributed by atoms with Crippen LogP contribution in [0.15, 0.2) is 91.0 Å². The average molecular weight is 550 g/mol. The monoisotopic (exact) mass is 549 g/mol. The maximum absolute atomic E-state index is 13.0. The van der Waals surface area contributed by atoms with E-state index in [1.807, 2.05) is 65.2 Å². The zero-order chi connectivity index (χ0) is 27.8. The number of amides is 2. The Labute approximate surface area is 234 Å². The predicted molar refractivity (Wildman–Crippen MR) is 158 cm³/mol. The van der Waals surface area contributed by atoms with E-state index in [1.54, 1.807) is 37.4 Å². The fraction of sp³-hybridized carbons (Fsp3) is 0.0968. The van der Waals surface area contributed by atoms with Gasteiger partial charge in [-0.15, -0.1) is 0 Å². The third-order valence-corrected chi connectivity index (χ3v) is 6.97. The van der Waals surface area contributed by atoms with Crippen molar-refractivity contribution >= 4 is 62.2 Å². The lowest BCUT2D eigenvalue weighted by molar-refractivity contribution is -0.120. The molecule has 0 spiro atoms. The SMILES string of the molecule is COc1ccc(N(CC(=O)Nc2ccc3c(c2)nc2c4ccccc4c(-c4ccc(Cl)cc4)nn32)C(C)=O)cc1. The van der Waals surface area contributed by atoms with Crippen LogP contribution in [0, 0.1) is 0 Å². The van der Waals surface area contributed by atoms with Crippen LogP contribution in [0.2, 0.25) is 5.02 Å². The van der Waals surface area contributed by atoms with Crippen LogP contribution in [-0.4, -0.2) is 40.1 Å². The number of halogens is 1. The minimum atomic E-state index is -0.331. The van der Waals surface area contributed by atoms with Crippen LogP contribution in [0.5, 0.6) is 5.75 Å². The summed E-state index contributed by atoms with van der Waals surface area (Å²) < 4.78 is 7.01. The van der Waals surface area contributed by atoms with Crippen molar-refractivity contribution in [3.8, 4) is 17.0 Å². The Morgan fingerprint density at radius 3 is 2.38 bits per heavy atom. The second kappa shape index (κ2) is 10.3. The molecule has 0 radical (unpaired) electrons. The molecule has 0 saturated carbocycles. The number of nitrogens with one attached hydrogen (secondary N) is 1. The summed E-state index contributed by atoms with van der Waals surface area (Å²) in [6.45, 7) is 1.29. The lowest BCUT2D eigenvalue weighted by Gasteiger charge is -2.21. The summed E-state index contributed by atoms with van der Waals surface area (Å²) in [6.07, 6.45) is 0. The number of carbonyl (C=O) groups is 2. The molecule has 6 rings (SSSR count). The fourth-order valence-electron chi connectivity index (χ4n) is 4.77. The van der Waals surface area contributed by atoms with E-state index in [0.29, 0.717) is 33.3 Å². The van der Waals surface area contributed by atoms with Gasteiger partial charge in [-0.1, -0.05) is 48.0 Å². The highest BCUT2D eigenvalue weighted by Crippen LogP contribution is 2.32. The largest absolute Gasteiger partial charge is 0.497 e. The van der Waals surface area contributed by atoms with E-state index >= 15 is 0 Å². The molecule has 2 heterocycles. The second-order valence-corrected chi connectivity index (χ2v) is 9.74. The smallest absolute Gasteiger partial charge is 0.244 e. The normalized spacial score (nSPS) is 11.2. The van der Waals surface area contributed by atoms with Crippen molar-refractivity contribution in [2.75, 3.05) is 23.9 Å². The Kier molecular flexibility index (Phi) is 6.53. The zero-order valence-electron chi connectivity index (χ0n) is 21.8. The topological polar surface area (TPSA) is 88.8 Å². The van der Waals surface area contributed by atoms with Crippen LogP contribution in [0.25, 0.3) is 38.7 Å². The molecule has 0 unspecified atom stereocenters. The molecule has 0 aliphatic carbocycles. The minimum Gasteiger partial charge on any atom is -0.497 e. The number of ether oxygens (including phenoxy) is 1. The Morgan fingerprint density at radius 2 is 1.68 bits per heavy atom. The van der Waals surface area contributed by atoms with Crippen LogP contribution >= 0.6 is 11.6 Å². The van der Waals surface area contributed by atoms with Crippen molar-refractivity contribution in [2.45, 2.75) is 6.92 Å². The van der Waals surface area contributed by atoms with Gasteiger partial charge in [0.15, 0.2) is 5.65 Å². The summed E-state index contributed by atoms with van der Waals surface area (Å²) in [4.78, 5) is 31.5. The number of rotatable bonds is 6. The van der Waals surface area contributed by atoms with E-state index in [1.165, 1.54) is 11.8 Å². The fourth-order valence-corrected chi connectivity index (χ4v) is 4.90. The maximum Gasteiger partial charge on any atom is 0.244 e. The first-order valence-electron chi connectivity index (χ1n) is 12.6. The van der Waals surface area contributed by atoms with E-state index in [-0.39, 0.29) is 18.4 Å². The summed E-state index contributed by atoms with van der Waals surface area (Å²) in [5, 5.41) is 10.4. The van der Waals surface area contributed by atoms with Gasteiger partial charge in [0.25, 0.3) is 0 Å². The van der Waals surface area contributed by atoms with Gasteiger partial charge in [0.05, 0.1) is 23.8 Å². The van der Waals surface area contributed by atoms with Gasteiger partial charge in [0.1, 0.15) is 12.3 Å². The Bertz CT molecular complexity index is 1900. The first-order chi connectivity index (χ1) is 19.4.